The molecular formula is C26H23N3O4S. The van der Waals surface area contributed by atoms with E-state index in [4.69, 9.17) is 15.2 Å². The lowest BCUT2D eigenvalue weighted by molar-refractivity contribution is -0.117. The first-order valence-electron chi connectivity index (χ1n) is 10.7. The van der Waals surface area contributed by atoms with E-state index in [-0.39, 0.29) is 5.91 Å². The summed E-state index contributed by atoms with van der Waals surface area (Å²) in [6, 6.07) is 19.2. The van der Waals surface area contributed by atoms with Crippen molar-refractivity contribution >= 4 is 35.0 Å². The van der Waals surface area contributed by atoms with E-state index >= 15 is 0 Å². The molecule has 0 saturated carbocycles. The quantitative estimate of drug-likeness (QED) is 0.563. The fourth-order valence-corrected chi connectivity index (χ4v) is 5.36. The minimum absolute atomic E-state index is 0.0473. The Morgan fingerprint density at radius 1 is 1.03 bits per heavy atom. The van der Waals surface area contributed by atoms with Crippen molar-refractivity contribution in [1.29, 1.82) is 0 Å². The second-order valence-electron chi connectivity index (χ2n) is 7.89. The molecule has 2 aliphatic rings. The summed E-state index contributed by atoms with van der Waals surface area (Å²) < 4.78 is 11.0. The molecular weight excluding hydrogens is 450 g/mol. The zero-order valence-corrected chi connectivity index (χ0v) is 19.5. The van der Waals surface area contributed by atoms with Crippen LogP contribution in [0, 0.1) is 0 Å². The molecule has 0 spiro atoms. The molecule has 1 atom stereocenters. The molecule has 2 aliphatic heterocycles. The fourth-order valence-electron chi connectivity index (χ4n) is 4.38. The van der Waals surface area contributed by atoms with E-state index in [1.807, 2.05) is 71.0 Å². The molecule has 3 N–H and O–H groups in total. The number of nitrogens with two attached hydrogens (primary N) is 1. The highest BCUT2D eigenvalue weighted by molar-refractivity contribution is 8.04. The van der Waals surface area contributed by atoms with Gasteiger partial charge >= 0.3 is 0 Å². The Balaban J connectivity index is 1.55. The monoisotopic (exact) mass is 473 g/mol. The molecule has 172 valence electrons. The molecule has 34 heavy (non-hydrogen) atoms. The topological polar surface area (TPSA) is 93.9 Å². The van der Waals surface area contributed by atoms with Gasteiger partial charge in [0, 0.05) is 23.4 Å². The molecule has 0 fully saturated rings. The number of methoxy groups -OCH3 is 2. The second-order valence-corrected chi connectivity index (χ2v) is 8.85. The minimum atomic E-state index is -0.598. The predicted molar refractivity (Wildman–Crippen MR) is 134 cm³/mol. The van der Waals surface area contributed by atoms with Crippen LogP contribution < -0.4 is 25.4 Å². The van der Waals surface area contributed by atoms with Gasteiger partial charge in [0.1, 0.15) is 11.5 Å². The van der Waals surface area contributed by atoms with Crippen LogP contribution in [0.2, 0.25) is 0 Å². The zero-order chi connectivity index (χ0) is 23.8. The number of benzene rings is 3. The summed E-state index contributed by atoms with van der Waals surface area (Å²) in [5.41, 5.74) is 11.9. The van der Waals surface area contributed by atoms with E-state index in [1.165, 1.54) is 11.8 Å². The van der Waals surface area contributed by atoms with Gasteiger partial charge in [0.05, 0.1) is 19.9 Å². The van der Waals surface area contributed by atoms with Gasteiger partial charge in [0.15, 0.2) is 5.37 Å². The van der Waals surface area contributed by atoms with Gasteiger partial charge in [0.2, 0.25) is 0 Å². The van der Waals surface area contributed by atoms with Crippen molar-refractivity contribution in [2.24, 2.45) is 5.73 Å². The molecule has 0 radical (unpaired) electrons. The van der Waals surface area contributed by atoms with Crippen LogP contribution >= 0.6 is 11.8 Å². The number of hydrogen-bond acceptors (Lipinski definition) is 6. The SMILES string of the molecule is COc1ccc(OC)c(C2=CSC(C(N)=O)N2c2ccc(-c3cccc4c3CNC4=O)cc2)c1. The van der Waals surface area contributed by atoms with Gasteiger partial charge in [-0.25, -0.2) is 0 Å². The smallest absolute Gasteiger partial charge is 0.251 e. The van der Waals surface area contributed by atoms with Gasteiger partial charge < -0.3 is 25.4 Å². The van der Waals surface area contributed by atoms with Crippen LogP contribution in [0.15, 0.2) is 66.1 Å². The number of fused-ring (bicyclic) bond motifs is 1. The average molecular weight is 474 g/mol. The molecule has 0 bridgehead atoms. The maximum atomic E-state index is 12.3. The lowest BCUT2D eigenvalue weighted by Gasteiger charge is -2.28. The van der Waals surface area contributed by atoms with E-state index in [0.29, 0.717) is 23.6 Å². The number of rotatable bonds is 6. The Bertz CT molecular complexity index is 1320. The van der Waals surface area contributed by atoms with E-state index < -0.39 is 11.3 Å². The van der Waals surface area contributed by atoms with Crippen LogP contribution in [-0.4, -0.2) is 31.4 Å². The molecule has 2 amide bonds. The Morgan fingerprint density at radius 3 is 2.50 bits per heavy atom. The van der Waals surface area contributed by atoms with Crippen LogP contribution in [0.5, 0.6) is 11.5 Å². The summed E-state index contributed by atoms with van der Waals surface area (Å²) in [7, 11) is 3.21. The van der Waals surface area contributed by atoms with Crippen molar-refractivity contribution in [1.82, 2.24) is 5.32 Å². The molecule has 0 saturated heterocycles. The molecule has 1 unspecified atom stereocenters. The molecule has 0 aliphatic carbocycles. The third kappa shape index (κ3) is 3.66. The Labute approximate surface area is 201 Å². The second kappa shape index (κ2) is 8.79. The summed E-state index contributed by atoms with van der Waals surface area (Å²) in [6.07, 6.45) is 0. The molecule has 8 heteroatoms. The predicted octanol–water partition coefficient (Wildman–Crippen LogP) is 3.98. The summed E-state index contributed by atoms with van der Waals surface area (Å²) in [6.45, 7) is 0.515. The zero-order valence-electron chi connectivity index (χ0n) is 18.7. The number of primary amides is 1. The van der Waals surface area contributed by atoms with Crippen LogP contribution in [0.1, 0.15) is 21.5 Å². The number of ether oxygens (including phenoxy) is 2. The Hall–Kier alpha value is -3.91. The Morgan fingerprint density at radius 2 is 1.79 bits per heavy atom. The van der Waals surface area contributed by atoms with Crippen molar-refractivity contribution < 1.29 is 19.1 Å². The van der Waals surface area contributed by atoms with Gasteiger partial charge in [-0.1, -0.05) is 36.0 Å². The number of nitrogens with zero attached hydrogens (tertiary/aromatic N) is 1. The van der Waals surface area contributed by atoms with Crippen LogP contribution in [0.25, 0.3) is 16.8 Å². The average Bonchev–Trinajstić information content (AvgIpc) is 3.48. The van der Waals surface area contributed by atoms with Gasteiger partial charge in [-0.05, 0) is 58.5 Å². The lowest BCUT2D eigenvalue weighted by atomic mass is 9.96. The first-order valence-corrected chi connectivity index (χ1v) is 11.6. The summed E-state index contributed by atoms with van der Waals surface area (Å²) in [5.74, 6) is 0.860. The fraction of sp³-hybridized carbons (Fsp3) is 0.154. The first-order chi connectivity index (χ1) is 16.5. The van der Waals surface area contributed by atoms with Crippen LogP contribution in [0.3, 0.4) is 0 Å². The minimum Gasteiger partial charge on any atom is -0.497 e. The lowest BCUT2D eigenvalue weighted by Crippen LogP contribution is -2.38. The molecule has 2 heterocycles. The maximum absolute atomic E-state index is 12.3. The molecule has 5 rings (SSSR count). The van der Waals surface area contributed by atoms with E-state index in [0.717, 1.165) is 33.6 Å². The highest BCUT2D eigenvalue weighted by Gasteiger charge is 2.34. The summed E-state index contributed by atoms with van der Waals surface area (Å²) in [5, 5.41) is 4.20. The number of amides is 2. The number of anilines is 1. The molecule has 7 nitrogen and oxygen atoms in total. The van der Waals surface area contributed by atoms with E-state index in [1.54, 1.807) is 14.2 Å². The maximum Gasteiger partial charge on any atom is 0.251 e. The number of carbonyl (C=O) groups is 2. The summed E-state index contributed by atoms with van der Waals surface area (Å²) >= 11 is 1.35. The number of carbonyl (C=O) groups excluding carboxylic acids is 2. The van der Waals surface area contributed by atoms with E-state index in [9.17, 15) is 9.59 Å². The van der Waals surface area contributed by atoms with Crippen LogP contribution in [-0.2, 0) is 11.3 Å². The normalized spacial score (nSPS) is 16.6. The van der Waals surface area contributed by atoms with Gasteiger partial charge in [-0.2, -0.15) is 0 Å². The standard InChI is InChI=1S/C26H23N3O4S/c1-32-17-10-11-23(33-2)20(12-17)22-14-34-26(24(27)30)29(22)16-8-6-15(7-9-16)18-4-3-5-19-21(18)13-28-25(19)31/h3-12,14,26H,13H2,1-2H3,(H2,27,30)(H,28,31). The van der Waals surface area contributed by atoms with Crippen molar-refractivity contribution in [3.05, 3.63) is 82.8 Å². The number of thioether (sulfide) groups is 1. The third-order valence-corrected chi connectivity index (χ3v) is 7.09. The summed E-state index contributed by atoms with van der Waals surface area (Å²) in [4.78, 5) is 26.3. The molecule has 3 aromatic carbocycles. The molecule has 3 aromatic rings. The first kappa shape index (κ1) is 21.9. The van der Waals surface area contributed by atoms with Gasteiger partial charge in [0.25, 0.3) is 11.8 Å². The van der Waals surface area contributed by atoms with Crippen molar-refractivity contribution in [2.45, 2.75) is 11.9 Å². The largest absolute Gasteiger partial charge is 0.497 e. The third-order valence-electron chi connectivity index (χ3n) is 6.03. The highest BCUT2D eigenvalue weighted by atomic mass is 32.2. The van der Waals surface area contributed by atoms with Crippen molar-refractivity contribution in [3.8, 4) is 22.6 Å². The highest BCUT2D eigenvalue weighted by Crippen LogP contribution is 2.44. The van der Waals surface area contributed by atoms with Gasteiger partial charge in [-0.15, -0.1) is 0 Å². The van der Waals surface area contributed by atoms with Crippen molar-refractivity contribution in [3.63, 3.8) is 0 Å². The van der Waals surface area contributed by atoms with Crippen molar-refractivity contribution in [2.75, 3.05) is 19.1 Å². The van der Waals surface area contributed by atoms with Gasteiger partial charge in [-0.3, -0.25) is 9.59 Å². The van der Waals surface area contributed by atoms with E-state index in [2.05, 4.69) is 5.32 Å². The number of nitrogens with one attached hydrogen (secondary N) is 1. The van der Waals surface area contributed by atoms with Crippen LogP contribution in [0.4, 0.5) is 5.69 Å². The molecule has 0 aromatic heterocycles. The number of hydrogen-bond donors (Lipinski definition) is 2. The Kier molecular flexibility index (Phi) is 5.67.